The molecule has 0 aromatic rings. The van der Waals surface area contributed by atoms with Crippen molar-refractivity contribution in [1.29, 1.82) is 0 Å². The molecule has 3 N–H and O–H groups in total. The van der Waals surface area contributed by atoms with Gasteiger partial charge in [0, 0.05) is 0 Å². The summed E-state index contributed by atoms with van der Waals surface area (Å²) in [5, 5.41) is 25.1. The van der Waals surface area contributed by atoms with Gasteiger partial charge in [0.25, 0.3) is 0 Å². The molecule has 0 heterocycles. The maximum atomic E-state index is 9.84. The largest absolute Gasteiger partial charge is 0.395 e. The topological polar surface area (TPSA) is 77.8 Å². The highest BCUT2D eigenvalue weighted by Gasteiger charge is 2.21. The standard InChI is InChI=1S/C5H10O4S/c6-1-3(8)5(9)4(10)2-7/h1,3-5,7-10H,2H2/t3-,4+,5-/m0/s1. The summed E-state index contributed by atoms with van der Waals surface area (Å²) in [5.41, 5.74) is 0. The Kier molecular flexibility index (Phi) is 4.63. The minimum Gasteiger partial charge on any atom is -0.395 e. The number of thiol groups is 1. The van der Waals surface area contributed by atoms with Gasteiger partial charge in [-0.1, -0.05) is 0 Å². The van der Waals surface area contributed by atoms with E-state index in [9.17, 15) is 4.79 Å². The highest BCUT2D eigenvalue weighted by atomic mass is 32.1. The van der Waals surface area contributed by atoms with Gasteiger partial charge in [0.05, 0.1) is 11.9 Å². The van der Waals surface area contributed by atoms with Crippen LogP contribution in [0.4, 0.5) is 0 Å². The molecule has 5 heteroatoms. The number of hydrogen-bond acceptors (Lipinski definition) is 5. The molecule has 0 saturated carbocycles. The number of hydrogen-bond donors (Lipinski definition) is 4. The zero-order valence-corrected chi connectivity index (χ0v) is 6.11. The number of carbonyl (C=O) groups excluding carboxylic acids is 1. The van der Waals surface area contributed by atoms with Gasteiger partial charge in [0.1, 0.15) is 12.2 Å². The predicted octanol–water partition coefficient (Wildman–Crippen LogP) is -1.80. The van der Waals surface area contributed by atoms with Gasteiger partial charge in [-0.15, -0.1) is 0 Å². The fourth-order valence-corrected chi connectivity index (χ4v) is 0.592. The summed E-state index contributed by atoms with van der Waals surface area (Å²) in [6.45, 7) is -0.380. The normalized spacial score (nSPS) is 19.6. The molecule has 0 aliphatic heterocycles. The lowest BCUT2D eigenvalue weighted by Crippen LogP contribution is -2.37. The van der Waals surface area contributed by atoms with Gasteiger partial charge < -0.3 is 20.1 Å². The number of aldehydes is 1. The molecule has 0 aromatic heterocycles. The zero-order valence-electron chi connectivity index (χ0n) is 5.21. The Labute approximate surface area is 63.9 Å². The van der Waals surface area contributed by atoms with Crippen molar-refractivity contribution in [2.24, 2.45) is 0 Å². The number of rotatable bonds is 4. The molecule has 0 aliphatic carbocycles. The molecule has 0 saturated heterocycles. The lowest BCUT2D eigenvalue weighted by molar-refractivity contribution is -0.120. The van der Waals surface area contributed by atoms with Gasteiger partial charge in [-0.05, 0) is 0 Å². The summed E-state index contributed by atoms with van der Waals surface area (Å²) in [6.07, 6.45) is -2.57. The van der Waals surface area contributed by atoms with Gasteiger partial charge in [-0.3, -0.25) is 0 Å². The molecule has 60 valence electrons. The fourth-order valence-electron chi connectivity index (χ4n) is 0.416. The molecule has 3 atom stereocenters. The highest BCUT2D eigenvalue weighted by Crippen LogP contribution is 2.03. The van der Waals surface area contributed by atoms with E-state index in [1.54, 1.807) is 0 Å². The molecule has 4 nitrogen and oxygen atoms in total. The van der Waals surface area contributed by atoms with E-state index in [2.05, 4.69) is 12.6 Å². The van der Waals surface area contributed by atoms with E-state index in [4.69, 9.17) is 15.3 Å². The fraction of sp³-hybridized carbons (Fsp3) is 0.800. The first-order chi connectivity index (χ1) is 4.63. The lowest BCUT2D eigenvalue weighted by Gasteiger charge is -2.16. The second kappa shape index (κ2) is 4.68. The van der Waals surface area contributed by atoms with E-state index in [0.717, 1.165) is 0 Å². The molecule has 0 fully saturated rings. The molecule has 0 bridgehead atoms. The Hall–Kier alpha value is -0.100. The quantitative estimate of drug-likeness (QED) is 0.293. The van der Waals surface area contributed by atoms with Crippen LogP contribution >= 0.6 is 12.6 Å². The SMILES string of the molecule is O=C[C@H](O)[C@H](O)[C@H](S)CO. The van der Waals surface area contributed by atoms with Crippen LogP contribution in [0.2, 0.25) is 0 Å². The molecular formula is C5H10O4S. The predicted molar refractivity (Wildman–Crippen MR) is 37.9 cm³/mol. The Morgan fingerprint density at radius 2 is 2.00 bits per heavy atom. The van der Waals surface area contributed by atoms with Crippen molar-refractivity contribution in [3.63, 3.8) is 0 Å². The molecule has 0 radical (unpaired) electrons. The maximum Gasteiger partial charge on any atom is 0.151 e. The Bertz CT molecular complexity index is 108. The van der Waals surface area contributed by atoms with Crippen LogP contribution in [0.15, 0.2) is 0 Å². The number of aliphatic hydroxyl groups is 3. The van der Waals surface area contributed by atoms with E-state index >= 15 is 0 Å². The van der Waals surface area contributed by atoms with Gasteiger partial charge in [-0.25, -0.2) is 0 Å². The lowest BCUT2D eigenvalue weighted by atomic mass is 10.1. The van der Waals surface area contributed by atoms with Gasteiger partial charge in [0.2, 0.25) is 0 Å². The van der Waals surface area contributed by atoms with Crippen LogP contribution in [0, 0.1) is 0 Å². The summed E-state index contributed by atoms with van der Waals surface area (Å²) < 4.78 is 0. The van der Waals surface area contributed by atoms with E-state index in [0.29, 0.717) is 0 Å². The van der Waals surface area contributed by atoms with Crippen LogP contribution in [0.25, 0.3) is 0 Å². The third-order valence-corrected chi connectivity index (χ3v) is 1.54. The van der Waals surface area contributed by atoms with Crippen molar-refractivity contribution in [3.05, 3.63) is 0 Å². The number of aliphatic hydroxyl groups excluding tert-OH is 3. The second-order valence-corrected chi connectivity index (χ2v) is 2.53. The summed E-state index contributed by atoms with van der Waals surface area (Å²) in [7, 11) is 0. The first kappa shape index (κ1) is 9.90. The van der Waals surface area contributed by atoms with Gasteiger partial charge >= 0.3 is 0 Å². The molecule has 10 heavy (non-hydrogen) atoms. The third-order valence-electron chi connectivity index (χ3n) is 1.07. The van der Waals surface area contributed by atoms with E-state index in [1.807, 2.05) is 0 Å². The van der Waals surface area contributed by atoms with Crippen molar-refractivity contribution in [3.8, 4) is 0 Å². The van der Waals surface area contributed by atoms with Crippen molar-refractivity contribution >= 4 is 18.9 Å². The van der Waals surface area contributed by atoms with Crippen LogP contribution in [0.1, 0.15) is 0 Å². The van der Waals surface area contributed by atoms with Crippen LogP contribution in [-0.2, 0) is 4.79 Å². The van der Waals surface area contributed by atoms with E-state index < -0.39 is 17.5 Å². The monoisotopic (exact) mass is 166 g/mol. The number of carbonyl (C=O) groups is 1. The molecular weight excluding hydrogens is 156 g/mol. The third kappa shape index (κ3) is 2.66. The minimum atomic E-state index is -1.46. The first-order valence-corrected chi connectivity index (χ1v) is 3.25. The van der Waals surface area contributed by atoms with Crippen LogP contribution in [-0.4, -0.2) is 45.7 Å². The van der Waals surface area contributed by atoms with E-state index in [-0.39, 0.29) is 12.9 Å². The molecule has 0 rings (SSSR count). The summed E-state index contributed by atoms with van der Waals surface area (Å²) >= 11 is 3.70. The minimum absolute atomic E-state index is 0.198. The van der Waals surface area contributed by atoms with E-state index in [1.165, 1.54) is 0 Å². The van der Waals surface area contributed by atoms with Crippen molar-refractivity contribution in [2.45, 2.75) is 17.5 Å². The second-order valence-electron chi connectivity index (χ2n) is 1.87. The smallest absolute Gasteiger partial charge is 0.151 e. The zero-order chi connectivity index (χ0) is 8.15. The van der Waals surface area contributed by atoms with Crippen LogP contribution in [0.3, 0.4) is 0 Å². The van der Waals surface area contributed by atoms with Crippen molar-refractivity contribution in [1.82, 2.24) is 0 Å². The average Bonchev–Trinajstić information content (AvgIpc) is 2.00. The Balaban J connectivity index is 3.80. The van der Waals surface area contributed by atoms with Crippen molar-refractivity contribution < 1.29 is 20.1 Å². The van der Waals surface area contributed by atoms with Gasteiger partial charge in [0.15, 0.2) is 6.29 Å². The molecule has 0 amide bonds. The van der Waals surface area contributed by atoms with Crippen molar-refractivity contribution in [2.75, 3.05) is 6.61 Å². The maximum absolute atomic E-state index is 9.84. The summed E-state index contributed by atoms with van der Waals surface area (Å²) in [5.74, 6) is 0. The summed E-state index contributed by atoms with van der Waals surface area (Å²) in [4.78, 5) is 9.84. The molecule has 0 aromatic carbocycles. The average molecular weight is 166 g/mol. The molecule has 0 unspecified atom stereocenters. The summed E-state index contributed by atoms with van der Waals surface area (Å²) in [6, 6.07) is 0. The molecule has 0 spiro atoms. The van der Waals surface area contributed by atoms with Crippen LogP contribution < -0.4 is 0 Å². The Morgan fingerprint density at radius 1 is 1.50 bits per heavy atom. The first-order valence-electron chi connectivity index (χ1n) is 2.73. The molecule has 0 aliphatic rings. The van der Waals surface area contributed by atoms with Crippen LogP contribution in [0.5, 0.6) is 0 Å². The Morgan fingerprint density at radius 3 is 2.30 bits per heavy atom. The highest BCUT2D eigenvalue weighted by molar-refractivity contribution is 7.81. The van der Waals surface area contributed by atoms with Gasteiger partial charge in [-0.2, -0.15) is 12.6 Å².